The lowest BCUT2D eigenvalue weighted by Crippen LogP contribution is -2.13. The van der Waals surface area contributed by atoms with Crippen LogP contribution in [0.1, 0.15) is 15.9 Å². The summed E-state index contributed by atoms with van der Waals surface area (Å²) in [5, 5.41) is 22.8. The number of non-ortho nitro benzene ring substituents is 1. The molecule has 0 spiro atoms. The number of halogens is 1. The Kier molecular flexibility index (Phi) is 4.23. The van der Waals surface area contributed by atoms with Crippen molar-refractivity contribution >= 4 is 33.2 Å². The molecule has 1 amide bonds. The number of carbonyl (C=O) groups is 1. The molecule has 108 valence electrons. The van der Waals surface area contributed by atoms with Gasteiger partial charge in [0.25, 0.3) is 11.6 Å². The SMILES string of the molecule is Cc1ccc(Br)c(C(=O)Nc2ccc([N+](=O)[O-])cc2O)c1. The summed E-state index contributed by atoms with van der Waals surface area (Å²) in [6, 6.07) is 8.78. The summed E-state index contributed by atoms with van der Waals surface area (Å²) in [7, 11) is 0. The molecular weight excluding hydrogens is 340 g/mol. The topological polar surface area (TPSA) is 92.5 Å². The van der Waals surface area contributed by atoms with Crippen LogP contribution in [-0.4, -0.2) is 15.9 Å². The Hall–Kier alpha value is -2.41. The molecule has 0 atom stereocenters. The van der Waals surface area contributed by atoms with Crippen LogP contribution in [0.25, 0.3) is 0 Å². The number of phenols is 1. The average molecular weight is 351 g/mol. The zero-order valence-electron chi connectivity index (χ0n) is 11.0. The lowest BCUT2D eigenvalue weighted by atomic mass is 10.1. The Morgan fingerprint density at radius 2 is 2.00 bits per heavy atom. The first-order valence-corrected chi connectivity index (χ1v) is 6.72. The molecule has 21 heavy (non-hydrogen) atoms. The fourth-order valence-electron chi connectivity index (χ4n) is 1.74. The van der Waals surface area contributed by atoms with Crippen LogP contribution in [0.15, 0.2) is 40.9 Å². The first-order chi connectivity index (χ1) is 9.88. The highest BCUT2D eigenvalue weighted by molar-refractivity contribution is 9.10. The van der Waals surface area contributed by atoms with Crippen LogP contribution in [0.5, 0.6) is 5.75 Å². The second-order valence-electron chi connectivity index (χ2n) is 4.40. The lowest BCUT2D eigenvalue weighted by Gasteiger charge is -2.09. The standard InChI is InChI=1S/C14H11BrN2O4/c1-8-2-4-11(15)10(6-8)14(19)16-12-5-3-9(17(20)21)7-13(12)18/h2-7,18H,1H3,(H,16,19). The molecule has 6 nitrogen and oxygen atoms in total. The Balaban J connectivity index is 2.27. The molecule has 0 heterocycles. The molecule has 7 heteroatoms. The van der Waals surface area contributed by atoms with Gasteiger partial charge in [0.15, 0.2) is 0 Å². The van der Waals surface area contributed by atoms with Gasteiger partial charge in [-0.2, -0.15) is 0 Å². The summed E-state index contributed by atoms with van der Waals surface area (Å²) in [4.78, 5) is 22.1. The van der Waals surface area contributed by atoms with Crippen molar-refractivity contribution in [3.63, 3.8) is 0 Å². The molecule has 2 aromatic rings. The number of anilines is 1. The Labute approximate surface area is 128 Å². The number of aromatic hydroxyl groups is 1. The zero-order chi connectivity index (χ0) is 15.6. The highest BCUT2D eigenvalue weighted by Crippen LogP contribution is 2.29. The maximum Gasteiger partial charge on any atom is 0.273 e. The maximum atomic E-state index is 12.2. The summed E-state index contributed by atoms with van der Waals surface area (Å²) < 4.78 is 0.618. The van der Waals surface area contributed by atoms with Gasteiger partial charge >= 0.3 is 0 Å². The minimum absolute atomic E-state index is 0.110. The smallest absolute Gasteiger partial charge is 0.273 e. The van der Waals surface area contributed by atoms with E-state index in [0.29, 0.717) is 10.0 Å². The number of nitrogens with one attached hydrogen (secondary N) is 1. The molecule has 2 aromatic carbocycles. The number of nitro groups is 1. The van der Waals surface area contributed by atoms with E-state index in [1.54, 1.807) is 12.1 Å². The molecule has 2 rings (SSSR count). The third-order valence-electron chi connectivity index (χ3n) is 2.81. The van der Waals surface area contributed by atoms with Crippen LogP contribution in [0.4, 0.5) is 11.4 Å². The molecule has 0 fully saturated rings. The predicted octanol–water partition coefficient (Wildman–Crippen LogP) is 3.62. The van der Waals surface area contributed by atoms with E-state index in [0.717, 1.165) is 11.6 Å². The van der Waals surface area contributed by atoms with Crippen molar-refractivity contribution in [1.82, 2.24) is 0 Å². The summed E-state index contributed by atoms with van der Waals surface area (Å²) in [6.07, 6.45) is 0. The molecule has 0 radical (unpaired) electrons. The van der Waals surface area contributed by atoms with Gasteiger partial charge in [-0.25, -0.2) is 0 Å². The van der Waals surface area contributed by atoms with Crippen LogP contribution < -0.4 is 5.32 Å². The maximum absolute atomic E-state index is 12.2. The predicted molar refractivity (Wildman–Crippen MR) is 81.6 cm³/mol. The van der Waals surface area contributed by atoms with Gasteiger partial charge in [-0.3, -0.25) is 14.9 Å². The molecule has 0 unspecified atom stereocenters. The summed E-state index contributed by atoms with van der Waals surface area (Å²) >= 11 is 3.28. The first-order valence-electron chi connectivity index (χ1n) is 5.93. The van der Waals surface area contributed by atoms with Gasteiger partial charge < -0.3 is 10.4 Å². The molecule has 0 aliphatic heterocycles. The van der Waals surface area contributed by atoms with Gasteiger partial charge in [-0.05, 0) is 41.1 Å². The molecule has 0 saturated heterocycles. The van der Waals surface area contributed by atoms with Crippen LogP contribution in [0, 0.1) is 17.0 Å². The number of amides is 1. The number of phenolic OH excluding ortho intramolecular Hbond substituents is 1. The fraction of sp³-hybridized carbons (Fsp3) is 0.0714. The number of carbonyl (C=O) groups excluding carboxylic acids is 1. The third-order valence-corrected chi connectivity index (χ3v) is 3.50. The van der Waals surface area contributed by atoms with Gasteiger partial charge in [-0.15, -0.1) is 0 Å². The van der Waals surface area contributed by atoms with Crippen LogP contribution in [-0.2, 0) is 0 Å². The van der Waals surface area contributed by atoms with Crippen molar-refractivity contribution < 1.29 is 14.8 Å². The highest BCUT2D eigenvalue weighted by Gasteiger charge is 2.15. The lowest BCUT2D eigenvalue weighted by molar-refractivity contribution is -0.384. The van der Waals surface area contributed by atoms with Gasteiger partial charge in [-0.1, -0.05) is 11.6 Å². The number of aryl methyl sites for hydroxylation is 1. The Bertz CT molecular complexity index is 731. The summed E-state index contributed by atoms with van der Waals surface area (Å²) in [5.74, 6) is -0.781. The minimum Gasteiger partial charge on any atom is -0.506 e. The second-order valence-corrected chi connectivity index (χ2v) is 5.25. The van der Waals surface area contributed by atoms with E-state index in [9.17, 15) is 20.0 Å². The quantitative estimate of drug-likeness (QED) is 0.502. The first kappa shape index (κ1) is 15.0. The van der Waals surface area contributed by atoms with E-state index in [2.05, 4.69) is 21.2 Å². The van der Waals surface area contributed by atoms with E-state index in [1.165, 1.54) is 12.1 Å². The van der Waals surface area contributed by atoms with Crippen molar-refractivity contribution in [3.05, 3.63) is 62.1 Å². The summed E-state index contributed by atoms with van der Waals surface area (Å²) in [5.41, 5.74) is 1.19. The van der Waals surface area contributed by atoms with E-state index in [-0.39, 0.29) is 17.1 Å². The molecule has 0 bridgehead atoms. The van der Waals surface area contributed by atoms with Crippen molar-refractivity contribution in [2.24, 2.45) is 0 Å². The number of nitrogens with zero attached hydrogens (tertiary/aromatic N) is 1. The van der Waals surface area contributed by atoms with Crippen molar-refractivity contribution in [3.8, 4) is 5.75 Å². The number of hydrogen-bond acceptors (Lipinski definition) is 4. The fourth-order valence-corrected chi connectivity index (χ4v) is 2.17. The Morgan fingerprint density at radius 1 is 1.29 bits per heavy atom. The summed E-state index contributed by atoms with van der Waals surface area (Å²) in [6.45, 7) is 1.85. The van der Waals surface area contributed by atoms with Crippen molar-refractivity contribution in [2.75, 3.05) is 5.32 Å². The normalized spacial score (nSPS) is 10.2. The number of rotatable bonds is 3. The molecule has 2 N–H and O–H groups in total. The van der Waals surface area contributed by atoms with Crippen LogP contribution >= 0.6 is 15.9 Å². The van der Waals surface area contributed by atoms with Gasteiger partial charge in [0.1, 0.15) is 5.75 Å². The van der Waals surface area contributed by atoms with Gasteiger partial charge in [0.2, 0.25) is 0 Å². The van der Waals surface area contributed by atoms with Gasteiger partial charge in [0, 0.05) is 10.5 Å². The second kappa shape index (κ2) is 5.92. The molecule has 0 aliphatic rings. The van der Waals surface area contributed by atoms with Crippen molar-refractivity contribution in [1.29, 1.82) is 0 Å². The largest absolute Gasteiger partial charge is 0.506 e. The third kappa shape index (κ3) is 3.38. The number of benzene rings is 2. The van der Waals surface area contributed by atoms with Crippen molar-refractivity contribution in [2.45, 2.75) is 6.92 Å². The molecule has 0 saturated carbocycles. The molecular formula is C14H11BrN2O4. The average Bonchev–Trinajstić information content (AvgIpc) is 2.43. The Morgan fingerprint density at radius 3 is 2.62 bits per heavy atom. The van der Waals surface area contributed by atoms with Crippen LogP contribution in [0.3, 0.4) is 0 Å². The minimum atomic E-state index is -0.623. The number of nitro benzene ring substituents is 1. The molecule has 0 aliphatic carbocycles. The van der Waals surface area contributed by atoms with E-state index >= 15 is 0 Å². The zero-order valence-corrected chi connectivity index (χ0v) is 12.5. The monoisotopic (exact) mass is 350 g/mol. The van der Waals surface area contributed by atoms with E-state index in [4.69, 9.17) is 0 Å². The highest BCUT2D eigenvalue weighted by atomic mass is 79.9. The van der Waals surface area contributed by atoms with E-state index in [1.807, 2.05) is 13.0 Å². The van der Waals surface area contributed by atoms with Gasteiger partial charge in [0.05, 0.1) is 22.2 Å². The van der Waals surface area contributed by atoms with Crippen LogP contribution in [0.2, 0.25) is 0 Å². The van der Waals surface area contributed by atoms with E-state index < -0.39 is 10.8 Å². The number of hydrogen-bond donors (Lipinski definition) is 2. The molecule has 0 aromatic heterocycles.